The molecule has 0 aliphatic rings. The second kappa shape index (κ2) is 8.67. The molecule has 2 unspecified atom stereocenters. The van der Waals surface area contributed by atoms with Crippen molar-refractivity contribution in [3.8, 4) is 0 Å². The van der Waals surface area contributed by atoms with Gasteiger partial charge in [0.25, 0.3) is 0 Å². The summed E-state index contributed by atoms with van der Waals surface area (Å²) in [4.78, 5) is 25.5. The van der Waals surface area contributed by atoms with Crippen LogP contribution in [0.25, 0.3) is 0 Å². The number of thiophene rings is 1. The first-order chi connectivity index (χ1) is 9.90. The van der Waals surface area contributed by atoms with Gasteiger partial charge < -0.3 is 15.3 Å². The normalized spacial score (nSPS) is 13.5. The number of amides is 2. The van der Waals surface area contributed by atoms with Crippen LogP contribution in [0, 0.1) is 5.92 Å². The van der Waals surface area contributed by atoms with Gasteiger partial charge in [0.05, 0.1) is 0 Å². The third kappa shape index (κ3) is 6.62. The Bertz CT molecular complexity index is 448. The predicted molar refractivity (Wildman–Crippen MR) is 84.7 cm³/mol. The molecule has 0 aromatic carbocycles. The highest BCUT2D eigenvalue weighted by Crippen LogP contribution is 2.13. The van der Waals surface area contributed by atoms with Crippen molar-refractivity contribution in [2.24, 2.45) is 5.92 Å². The number of aliphatic carboxylic acids is 1. The number of carbonyl (C=O) groups is 2. The van der Waals surface area contributed by atoms with Crippen LogP contribution in [-0.2, 0) is 11.2 Å². The number of hydrogen-bond acceptors (Lipinski definition) is 3. The van der Waals surface area contributed by atoms with Gasteiger partial charge in [0.2, 0.25) is 0 Å². The number of likely N-dealkylation sites (N-methyl/N-ethyl adjacent to an activating group) is 1. The number of carbonyl (C=O) groups excluding carboxylic acids is 1. The maximum absolute atomic E-state index is 12.1. The van der Waals surface area contributed by atoms with Gasteiger partial charge in [0.15, 0.2) is 0 Å². The van der Waals surface area contributed by atoms with Crippen molar-refractivity contribution in [3.63, 3.8) is 0 Å². The summed E-state index contributed by atoms with van der Waals surface area (Å²) >= 11 is 1.69. The van der Waals surface area contributed by atoms with Gasteiger partial charge in [-0.3, -0.25) is 4.79 Å². The van der Waals surface area contributed by atoms with Crippen LogP contribution in [0.4, 0.5) is 4.79 Å². The summed E-state index contributed by atoms with van der Waals surface area (Å²) in [6, 6.07) is 4.09. The third-order valence-electron chi connectivity index (χ3n) is 3.51. The molecule has 1 aromatic heterocycles. The highest BCUT2D eigenvalue weighted by Gasteiger charge is 2.17. The maximum Gasteiger partial charge on any atom is 0.317 e. The van der Waals surface area contributed by atoms with Crippen molar-refractivity contribution in [1.29, 1.82) is 0 Å². The van der Waals surface area contributed by atoms with E-state index >= 15 is 0 Å². The number of nitrogens with one attached hydrogen (secondary N) is 1. The van der Waals surface area contributed by atoms with Crippen molar-refractivity contribution >= 4 is 23.3 Å². The van der Waals surface area contributed by atoms with E-state index in [0.717, 1.165) is 6.42 Å². The number of nitrogens with zero attached hydrogens (tertiary/aromatic N) is 1. The summed E-state index contributed by atoms with van der Waals surface area (Å²) in [5.41, 5.74) is 0. The molecule has 2 amide bonds. The highest BCUT2D eigenvalue weighted by molar-refractivity contribution is 7.09. The fourth-order valence-electron chi connectivity index (χ4n) is 1.92. The average Bonchev–Trinajstić information content (AvgIpc) is 2.94. The molecule has 1 heterocycles. The molecule has 2 N–H and O–H groups in total. The molecular weight excluding hydrogens is 288 g/mol. The van der Waals surface area contributed by atoms with Crippen LogP contribution in [0.3, 0.4) is 0 Å². The van der Waals surface area contributed by atoms with Gasteiger partial charge in [-0.1, -0.05) is 13.0 Å². The lowest BCUT2D eigenvalue weighted by Gasteiger charge is -2.25. The number of carboxylic acid groups (broad SMARTS) is 1. The molecule has 21 heavy (non-hydrogen) atoms. The second-order valence-electron chi connectivity index (χ2n) is 5.47. The largest absolute Gasteiger partial charge is 0.481 e. The first-order valence-corrected chi connectivity index (χ1v) is 8.03. The minimum Gasteiger partial charge on any atom is -0.481 e. The van der Waals surface area contributed by atoms with Crippen LogP contribution >= 0.6 is 11.3 Å². The van der Waals surface area contributed by atoms with Gasteiger partial charge in [0.1, 0.15) is 0 Å². The summed E-state index contributed by atoms with van der Waals surface area (Å²) in [7, 11) is 1.79. The lowest BCUT2D eigenvalue weighted by molar-refractivity contribution is -0.137. The molecule has 6 heteroatoms. The standard InChI is InChI=1S/C15H24N2O3S/c1-11(6-7-14(18)19)10-16-15(20)17(3)12(2)9-13-5-4-8-21-13/h4-5,8,11-12H,6-7,9-10H2,1-3H3,(H,16,20)(H,18,19). The van der Waals surface area contributed by atoms with Crippen LogP contribution < -0.4 is 5.32 Å². The maximum atomic E-state index is 12.1. The molecule has 1 aromatic rings. The Labute approximate surface area is 130 Å². The third-order valence-corrected chi connectivity index (χ3v) is 4.41. The molecule has 0 fully saturated rings. The molecule has 0 aliphatic carbocycles. The lowest BCUT2D eigenvalue weighted by Crippen LogP contribution is -2.44. The van der Waals surface area contributed by atoms with Gasteiger partial charge >= 0.3 is 12.0 Å². The predicted octanol–water partition coefficient (Wildman–Crippen LogP) is 2.82. The molecule has 118 valence electrons. The van der Waals surface area contributed by atoms with Crippen LogP contribution in [0.2, 0.25) is 0 Å². The first kappa shape index (κ1) is 17.5. The Balaban J connectivity index is 2.31. The van der Waals surface area contributed by atoms with Crippen molar-refractivity contribution in [2.75, 3.05) is 13.6 Å². The molecule has 2 atom stereocenters. The molecule has 0 aliphatic heterocycles. The quantitative estimate of drug-likeness (QED) is 0.775. The summed E-state index contributed by atoms with van der Waals surface area (Å²) in [6.07, 6.45) is 1.56. The first-order valence-electron chi connectivity index (χ1n) is 7.15. The monoisotopic (exact) mass is 312 g/mol. The Morgan fingerprint density at radius 2 is 2.14 bits per heavy atom. The van der Waals surface area contributed by atoms with E-state index in [9.17, 15) is 9.59 Å². The van der Waals surface area contributed by atoms with Crippen molar-refractivity contribution in [1.82, 2.24) is 10.2 Å². The van der Waals surface area contributed by atoms with E-state index in [-0.39, 0.29) is 24.4 Å². The summed E-state index contributed by atoms with van der Waals surface area (Å²) in [5, 5.41) is 13.5. The van der Waals surface area contributed by atoms with E-state index in [2.05, 4.69) is 11.4 Å². The fraction of sp³-hybridized carbons (Fsp3) is 0.600. The minimum absolute atomic E-state index is 0.110. The summed E-state index contributed by atoms with van der Waals surface area (Å²) in [6.45, 7) is 4.47. The number of urea groups is 1. The Hall–Kier alpha value is -1.56. The van der Waals surface area contributed by atoms with E-state index in [1.165, 1.54) is 4.88 Å². The molecule has 0 spiro atoms. The van der Waals surface area contributed by atoms with Crippen molar-refractivity contribution < 1.29 is 14.7 Å². The Morgan fingerprint density at radius 1 is 1.43 bits per heavy atom. The zero-order valence-electron chi connectivity index (χ0n) is 12.8. The number of hydrogen-bond donors (Lipinski definition) is 2. The SMILES string of the molecule is CC(CCC(=O)O)CNC(=O)N(C)C(C)Cc1cccs1. The lowest BCUT2D eigenvalue weighted by atomic mass is 10.1. The molecule has 0 saturated heterocycles. The summed E-state index contributed by atoms with van der Waals surface area (Å²) in [5.74, 6) is -0.638. The molecular formula is C15H24N2O3S. The highest BCUT2D eigenvalue weighted by atomic mass is 32.1. The molecule has 5 nitrogen and oxygen atoms in total. The van der Waals surface area contributed by atoms with Gasteiger partial charge in [-0.25, -0.2) is 4.79 Å². The van der Waals surface area contributed by atoms with Crippen LogP contribution in [-0.4, -0.2) is 41.6 Å². The van der Waals surface area contributed by atoms with Crippen LogP contribution in [0.15, 0.2) is 17.5 Å². The van der Waals surface area contributed by atoms with E-state index in [1.54, 1.807) is 23.3 Å². The molecule has 1 rings (SSSR count). The molecule has 0 saturated carbocycles. The molecule has 0 bridgehead atoms. The van der Waals surface area contributed by atoms with E-state index < -0.39 is 5.97 Å². The van der Waals surface area contributed by atoms with Gasteiger partial charge in [0, 0.05) is 37.4 Å². The Kier molecular flexibility index (Phi) is 7.22. The van der Waals surface area contributed by atoms with E-state index in [0.29, 0.717) is 13.0 Å². The topological polar surface area (TPSA) is 69.6 Å². The van der Waals surface area contributed by atoms with Gasteiger partial charge in [-0.2, -0.15) is 0 Å². The zero-order chi connectivity index (χ0) is 15.8. The van der Waals surface area contributed by atoms with E-state index in [1.807, 2.05) is 25.3 Å². The Morgan fingerprint density at radius 3 is 2.71 bits per heavy atom. The average molecular weight is 312 g/mol. The van der Waals surface area contributed by atoms with Gasteiger partial charge in [-0.05, 0) is 30.7 Å². The smallest absolute Gasteiger partial charge is 0.317 e. The van der Waals surface area contributed by atoms with Gasteiger partial charge in [-0.15, -0.1) is 11.3 Å². The number of carboxylic acids is 1. The number of rotatable bonds is 8. The fourth-order valence-corrected chi connectivity index (χ4v) is 2.74. The zero-order valence-corrected chi connectivity index (χ0v) is 13.7. The van der Waals surface area contributed by atoms with Crippen LogP contribution in [0.1, 0.15) is 31.6 Å². The second-order valence-corrected chi connectivity index (χ2v) is 6.50. The van der Waals surface area contributed by atoms with Crippen molar-refractivity contribution in [3.05, 3.63) is 22.4 Å². The van der Waals surface area contributed by atoms with Crippen molar-refractivity contribution in [2.45, 2.75) is 39.2 Å². The molecule has 0 radical (unpaired) electrons. The minimum atomic E-state index is -0.796. The van der Waals surface area contributed by atoms with Crippen LogP contribution in [0.5, 0.6) is 0 Å². The summed E-state index contributed by atoms with van der Waals surface area (Å²) < 4.78 is 0. The van der Waals surface area contributed by atoms with E-state index in [4.69, 9.17) is 5.11 Å².